The summed E-state index contributed by atoms with van der Waals surface area (Å²) in [5.74, 6) is 3.45. The largest absolute Gasteiger partial charge is 0.489 e. The molecule has 3 heteroatoms. The summed E-state index contributed by atoms with van der Waals surface area (Å²) in [5.41, 5.74) is 8.99. The van der Waals surface area contributed by atoms with Crippen LogP contribution in [0.25, 0.3) is 17.2 Å². The Morgan fingerprint density at radius 2 is 1.54 bits per heavy atom. The van der Waals surface area contributed by atoms with Crippen molar-refractivity contribution in [3.8, 4) is 16.9 Å². The molecule has 7 rings (SSSR count). The van der Waals surface area contributed by atoms with Crippen molar-refractivity contribution in [1.29, 1.82) is 0 Å². The van der Waals surface area contributed by atoms with Gasteiger partial charge in [0.2, 0.25) is 0 Å². The van der Waals surface area contributed by atoms with Crippen LogP contribution in [0.2, 0.25) is 0 Å². The molecule has 0 amide bonds. The smallest absolute Gasteiger partial charge is 0.330 e. The molecule has 0 saturated heterocycles. The molecular weight excluding hydrogens is 480 g/mol. The van der Waals surface area contributed by atoms with Crippen LogP contribution in [0.5, 0.6) is 5.75 Å². The molecule has 4 saturated carbocycles. The lowest BCUT2D eigenvalue weighted by molar-refractivity contribution is -0.137. The second kappa shape index (κ2) is 10.7. The molecule has 3 nitrogen and oxygen atoms in total. The molecular formula is C36H40O3. The fourth-order valence-electron chi connectivity index (χ4n) is 8.24. The first-order chi connectivity index (χ1) is 18.9. The third-order valence-corrected chi connectivity index (χ3v) is 9.38. The molecule has 3 aromatic carbocycles. The number of aryl methyl sites for hydroxylation is 2. The van der Waals surface area contributed by atoms with E-state index in [0.29, 0.717) is 18.6 Å². The molecule has 4 aliphatic carbocycles. The van der Waals surface area contributed by atoms with Crippen LogP contribution in [0.15, 0.2) is 66.7 Å². The molecule has 39 heavy (non-hydrogen) atoms. The quantitative estimate of drug-likeness (QED) is 0.220. The fraction of sp³-hybridized carbons (Fsp3) is 0.417. The van der Waals surface area contributed by atoms with Gasteiger partial charge < -0.3 is 9.47 Å². The van der Waals surface area contributed by atoms with Crippen molar-refractivity contribution < 1.29 is 14.3 Å². The molecule has 0 N–H and O–H groups in total. The molecule has 3 aromatic rings. The van der Waals surface area contributed by atoms with E-state index in [2.05, 4.69) is 74.5 Å². The summed E-state index contributed by atoms with van der Waals surface area (Å²) in [6, 6.07) is 21.9. The van der Waals surface area contributed by atoms with Crippen molar-refractivity contribution in [3.63, 3.8) is 0 Å². The van der Waals surface area contributed by atoms with Crippen molar-refractivity contribution in [2.24, 2.45) is 17.8 Å². The fourth-order valence-corrected chi connectivity index (χ4v) is 8.24. The van der Waals surface area contributed by atoms with Gasteiger partial charge in [0.25, 0.3) is 0 Å². The molecule has 202 valence electrons. The topological polar surface area (TPSA) is 35.5 Å². The minimum Gasteiger partial charge on any atom is -0.489 e. The van der Waals surface area contributed by atoms with Crippen LogP contribution in [0, 0.1) is 31.6 Å². The molecule has 0 heterocycles. The number of carbonyl (C=O) groups excluding carboxylic acids is 1. The van der Waals surface area contributed by atoms with E-state index in [9.17, 15) is 4.79 Å². The first-order valence-corrected chi connectivity index (χ1v) is 14.7. The summed E-state index contributed by atoms with van der Waals surface area (Å²) in [6.45, 7) is 7.02. The number of hydrogen-bond acceptors (Lipinski definition) is 3. The lowest BCUT2D eigenvalue weighted by atomic mass is 9.48. The summed E-state index contributed by atoms with van der Waals surface area (Å²) in [5, 5.41) is 0. The first kappa shape index (κ1) is 25.9. The molecule has 0 aromatic heterocycles. The molecule has 0 spiro atoms. The van der Waals surface area contributed by atoms with Gasteiger partial charge in [-0.15, -0.1) is 0 Å². The highest BCUT2D eigenvalue weighted by Crippen LogP contribution is 2.60. The van der Waals surface area contributed by atoms with Crippen molar-refractivity contribution >= 4 is 12.0 Å². The van der Waals surface area contributed by atoms with E-state index in [0.717, 1.165) is 29.1 Å². The van der Waals surface area contributed by atoms with Gasteiger partial charge in [-0.3, -0.25) is 0 Å². The maximum atomic E-state index is 11.7. The Balaban J connectivity index is 1.12. The molecule has 0 unspecified atom stereocenters. The summed E-state index contributed by atoms with van der Waals surface area (Å²) in [6.07, 6.45) is 11.9. The minimum atomic E-state index is -0.313. The average molecular weight is 521 g/mol. The molecule has 4 bridgehead atoms. The summed E-state index contributed by atoms with van der Waals surface area (Å²) >= 11 is 0. The van der Waals surface area contributed by atoms with Crippen molar-refractivity contribution in [2.45, 2.75) is 71.3 Å². The lowest BCUT2D eigenvalue weighted by Crippen LogP contribution is -2.48. The summed E-state index contributed by atoms with van der Waals surface area (Å²) < 4.78 is 11.3. The predicted molar refractivity (Wildman–Crippen MR) is 158 cm³/mol. The zero-order valence-electron chi connectivity index (χ0n) is 23.5. The highest BCUT2D eigenvalue weighted by molar-refractivity contribution is 5.87. The van der Waals surface area contributed by atoms with Gasteiger partial charge >= 0.3 is 5.97 Å². The van der Waals surface area contributed by atoms with Crippen LogP contribution in [0.3, 0.4) is 0 Å². The number of esters is 1. The Bertz CT molecular complexity index is 1320. The van der Waals surface area contributed by atoms with Gasteiger partial charge in [-0.1, -0.05) is 48.5 Å². The van der Waals surface area contributed by atoms with Gasteiger partial charge in [-0.2, -0.15) is 0 Å². The molecule has 4 fully saturated rings. The highest BCUT2D eigenvalue weighted by atomic mass is 16.5. The second-order valence-corrected chi connectivity index (χ2v) is 12.3. The third kappa shape index (κ3) is 5.41. The maximum Gasteiger partial charge on any atom is 0.330 e. The molecule has 0 atom stereocenters. The first-order valence-electron chi connectivity index (χ1n) is 14.7. The maximum absolute atomic E-state index is 11.7. The normalized spacial score (nSPS) is 25.3. The van der Waals surface area contributed by atoms with Crippen LogP contribution in [0.4, 0.5) is 0 Å². The van der Waals surface area contributed by atoms with E-state index in [4.69, 9.17) is 9.47 Å². The van der Waals surface area contributed by atoms with Gasteiger partial charge in [0, 0.05) is 6.08 Å². The predicted octanol–water partition coefficient (Wildman–Crippen LogP) is 8.59. The molecule has 0 aliphatic heterocycles. The van der Waals surface area contributed by atoms with Crippen LogP contribution in [0.1, 0.15) is 73.3 Å². The van der Waals surface area contributed by atoms with E-state index in [1.807, 2.05) is 13.0 Å². The number of hydrogen-bond donors (Lipinski definition) is 0. The standard InChI is InChI=1S/C36H40O3/c1-4-38-34(37)13-8-26-14-24(2)35(25(3)15-26)31-9-11-33(12-10-31)39-23-27-6-5-7-32(19-27)36-20-28-16-29(21-36)18-30(17-28)22-36/h5-15,19,28-30H,4,16-18,20-23H2,1-3H3. The zero-order chi connectivity index (χ0) is 27.0. The number of carbonyl (C=O) groups is 1. The van der Waals surface area contributed by atoms with Crippen molar-refractivity contribution in [1.82, 2.24) is 0 Å². The van der Waals surface area contributed by atoms with Gasteiger partial charge in [0.1, 0.15) is 12.4 Å². The number of benzene rings is 3. The Kier molecular flexibility index (Phi) is 7.10. The van der Waals surface area contributed by atoms with Crippen LogP contribution in [-0.4, -0.2) is 12.6 Å². The van der Waals surface area contributed by atoms with Crippen LogP contribution < -0.4 is 4.74 Å². The Morgan fingerprint density at radius 3 is 2.15 bits per heavy atom. The van der Waals surface area contributed by atoms with Gasteiger partial charge in [-0.05, 0) is 140 Å². The summed E-state index contributed by atoms with van der Waals surface area (Å²) in [7, 11) is 0. The van der Waals surface area contributed by atoms with Crippen LogP contribution in [-0.2, 0) is 21.6 Å². The van der Waals surface area contributed by atoms with Crippen molar-refractivity contribution in [2.75, 3.05) is 6.61 Å². The van der Waals surface area contributed by atoms with E-state index in [-0.39, 0.29) is 5.97 Å². The Hall–Kier alpha value is -3.33. The van der Waals surface area contributed by atoms with E-state index >= 15 is 0 Å². The lowest BCUT2D eigenvalue weighted by Gasteiger charge is -2.57. The summed E-state index contributed by atoms with van der Waals surface area (Å²) in [4.78, 5) is 11.7. The van der Waals surface area contributed by atoms with E-state index in [1.54, 1.807) is 5.56 Å². The monoisotopic (exact) mass is 520 g/mol. The molecule has 4 aliphatic rings. The van der Waals surface area contributed by atoms with Gasteiger partial charge in [0.05, 0.1) is 6.61 Å². The third-order valence-electron chi connectivity index (χ3n) is 9.38. The SMILES string of the molecule is CCOC(=O)C=Cc1cc(C)c(-c2ccc(OCc3cccc(C45CC6CC(CC(C6)C4)C5)c3)cc2)c(C)c1. The number of rotatable bonds is 8. The zero-order valence-corrected chi connectivity index (χ0v) is 23.5. The van der Waals surface area contributed by atoms with E-state index < -0.39 is 0 Å². The van der Waals surface area contributed by atoms with Crippen LogP contribution >= 0.6 is 0 Å². The minimum absolute atomic E-state index is 0.313. The molecule has 0 radical (unpaired) electrons. The second-order valence-electron chi connectivity index (χ2n) is 12.3. The average Bonchev–Trinajstić information content (AvgIpc) is 2.91. The van der Waals surface area contributed by atoms with Gasteiger partial charge in [-0.25, -0.2) is 4.79 Å². The number of ether oxygens (including phenoxy) is 2. The van der Waals surface area contributed by atoms with E-state index in [1.165, 1.54) is 72.4 Å². The van der Waals surface area contributed by atoms with Crippen molar-refractivity contribution in [3.05, 3.63) is 94.6 Å². The van der Waals surface area contributed by atoms with Gasteiger partial charge in [0.15, 0.2) is 0 Å². The highest BCUT2D eigenvalue weighted by Gasteiger charge is 2.51. The Morgan fingerprint density at radius 1 is 0.897 bits per heavy atom. The Labute approximate surface area is 233 Å².